The lowest BCUT2D eigenvalue weighted by molar-refractivity contribution is -0.145. The normalized spacial score (nSPS) is 22.0. The van der Waals surface area contributed by atoms with Crippen molar-refractivity contribution in [1.82, 2.24) is 10.2 Å². The molecular weight excluding hydrogens is 324 g/mol. The summed E-state index contributed by atoms with van der Waals surface area (Å²) < 4.78 is 10.6. The molecule has 1 fully saturated rings. The van der Waals surface area contributed by atoms with Crippen LogP contribution in [0.1, 0.15) is 40.8 Å². The number of benzene rings is 1. The molecule has 0 saturated carbocycles. The first kappa shape index (κ1) is 15.4. The molecule has 128 valence electrons. The number of furan rings is 1. The second kappa shape index (κ2) is 6.08. The van der Waals surface area contributed by atoms with Gasteiger partial charge in [0.2, 0.25) is 18.0 Å². The van der Waals surface area contributed by atoms with Crippen molar-refractivity contribution in [3.8, 4) is 0 Å². The third kappa shape index (κ3) is 2.67. The molecule has 25 heavy (non-hydrogen) atoms. The number of likely N-dealkylation sites (tertiary alicyclic amines) is 1. The van der Waals surface area contributed by atoms with Gasteiger partial charge in [-0.15, -0.1) is 0 Å². The van der Waals surface area contributed by atoms with Gasteiger partial charge in [0.05, 0.1) is 18.4 Å². The minimum Gasteiger partial charge on any atom is -0.467 e. The van der Waals surface area contributed by atoms with Gasteiger partial charge in [0.1, 0.15) is 11.8 Å². The summed E-state index contributed by atoms with van der Waals surface area (Å²) >= 11 is 0. The molecule has 1 aromatic carbocycles. The van der Waals surface area contributed by atoms with E-state index in [1.54, 1.807) is 36.4 Å². The van der Waals surface area contributed by atoms with Gasteiger partial charge in [-0.25, -0.2) is 4.79 Å². The van der Waals surface area contributed by atoms with Crippen LogP contribution in [0.2, 0.25) is 0 Å². The van der Waals surface area contributed by atoms with Crippen molar-refractivity contribution < 1.29 is 23.5 Å². The Bertz CT molecular complexity index is 830. The molecule has 0 unspecified atom stereocenters. The van der Waals surface area contributed by atoms with Gasteiger partial charge >= 0.3 is 5.97 Å². The van der Waals surface area contributed by atoms with Crippen LogP contribution in [0.15, 0.2) is 47.1 Å². The Hall–Kier alpha value is -3.09. The highest BCUT2D eigenvalue weighted by Gasteiger charge is 2.46. The van der Waals surface area contributed by atoms with Crippen molar-refractivity contribution in [3.05, 3.63) is 59.5 Å². The largest absolute Gasteiger partial charge is 0.467 e. The van der Waals surface area contributed by atoms with Crippen LogP contribution in [0.4, 0.5) is 0 Å². The zero-order valence-electron chi connectivity index (χ0n) is 13.3. The fraction of sp³-hybridized carbons (Fsp3) is 0.278. The number of amides is 2. The average Bonchev–Trinajstić information content (AvgIpc) is 3.33. The Labute approximate surface area is 143 Å². The van der Waals surface area contributed by atoms with E-state index in [4.69, 9.17) is 9.15 Å². The fourth-order valence-corrected chi connectivity index (χ4v) is 3.29. The van der Waals surface area contributed by atoms with Crippen LogP contribution in [0, 0.1) is 0 Å². The van der Waals surface area contributed by atoms with Crippen LogP contribution in [-0.2, 0) is 20.9 Å². The fourth-order valence-electron chi connectivity index (χ4n) is 3.29. The molecule has 1 aromatic heterocycles. The van der Waals surface area contributed by atoms with Crippen molar-refractivity contribution in [2.45, 2.75) is 31.7 Å². The molecular formula is C18H16N2O5. The van der Waals surface area contributed by atoms with Crippen LogP contribution >= 0.6 is 0 Å². The third-order valence-corrected chi connectivity index (χ3v) is 4.49. The quantitative estimate of drug-likeness (QED) is 0.857. The lowest BCUT2D eigenvalue weighted by Gasteiger charge is -2.29. The summed E-state index contributed by atoms with van der Waals surface area (Å²) in [5.41, 5.74) is 1.05. The molecule has 2 aromatic rings. The number of rotatable bonds is 4. The summed E-state index contributed by atoms with van der Waals surface area (Å²) in [6, 6.07) is 9.74. The molecule has 7 heteroatoms. The van der Waals surface area contributed by atoms with E-state index in [0.717, 1.165) is 0 Å². The van der Waals surface area contributed by atoms with E-state index in [0.29, 0.717) is 23.3 Å². The number of hydrogen-bond donors (Lipinski definition) is 1. The standard InChI is InChI=1S/C18H16N2O5/c21-15-8-7-14(16(22)19-10-11-4-3-9-24-11)20(15)17-12-5-1-2-6-13(12)18(23)25-17/h1-6,9,14,17H,7-8,10H2,(H,19,22)/t14-,17-/m0/s1. The monoisotopic (exact) mass is 340 g/mol. The van der Waals surface area contributed by atoms with E-state index >= 15 is 0 Å². The first-order valence-corrected chi connectivity index (χ1v) is 8.06. The van der Waals surface area contributed by atoms with Crippen molar-refractivity contribution in [3.63, 3.8) is 0 Å². The maximum absolute atomic E-state index is 12.6. The maximum Gasteiger partial charge on any atom is 0.340 e. The number of ether oxygens (including phenoxy) is 1. The maximum atomic E-state index is 12.6. The second-order valence-corrected chi connectivity index (χ2v) is 6.00. The minimum atomic E-state index is -0.849. The molecule has 0 aliphatic carbocycles. The Morgan fingerprint density at radius 3 is 2.84 bits per heavy atom. The lowest BCUT2D eigenvalue weighted by Crippen LogP contribution is -2.46. The van der Waals surface area contributed by atoms with Gasteiger partial charge in [-0.2, -0.15) is 0 Å². The van der Waals surface area contributed by atoms with Crippen LogP contribution in [-0.4, -0.2) is 28.7 Å². The van der Waals surface area contributed by atoms with Crippen molar-refractivity contribution in [2.24, 2.45) is 0 Å². The van der Waals surface area contributed by atoms with Crippen LogP contribution in [0.25, 0.3) is 0 Å². The lowest BCUT2D eigenvalue weighted by atomic mass is 10.1. The van der Waals surface area contributed by atoms with Gasteiger partial charge < -0.3 is 14.5 Å². The predicted octanol–water partition coefficient (Wildman–Crippen LogP) is 1.76. The third-order valence-electron chi connectivity index (χ3n) is 4.49. The highest BCUT2D eigenvalue weighted by Crippen LogP contribution is 2.38. The molecule has 0 bridgehead atoms. The van der Waals surface area contributed by atoms with Crippen LogP contribution in [0.5, 0.6) is 0 Å². The zero-order chi connectivity index (χ0) is 17.4. The molecule has 2 atom stereocenters. The Morgan fingerprint density at radius 2 is 2.04 bits per heavy atom. The van der Waals surface area contributed by atoms with Gasteiger partial charge in [-0.05, 0) is 24.6 Å². The summed E-state index contributed by atoms with van der Waals surface area (Å²) in [7, 11) is 0. The van der Waals surface area contributed by atoms with E-state index in [1.807, 2.05) is 0 Å². The second-order valence-electron chi connectivity index (χ2n) is 6.00. The van der Waals surface area contributed by atoms with Crippen LogP contribution in [0.3, 0.4) is 0 Å². The van der Waals surface area contributed by atoms with Crippen molar-refractivity contribution in [1.29, 1.82) is 0 Å². The number of cyclic esters (lactones) is 1. The summed E-state index contributed by atoms with van der Waals surface area (Å²) in [5, 5.41) is 2.77. The molecule has 1 N–H and O–H groups in total. The molecule has 2 aliphatic heterocycles. The van der Waals surface area contributed by atoms with E-state index < -0.39 is 18.2 Å². The topological polar surface area (TPSA) is 88.8 Å². The molecule has 2 aliphatic rings. The van der Waals surface area contributed by atoms with Gasteiger partial charge in [0, 0.05) is 12.0 Å². The summed E-state index contributed by atoms with van der Waals surface area (Å²) in [4.78, 5) is 38.3. The number of carbonyl (C=O) groups excluding carboxylic acids is 3. The van der Waals surface area contributed by atoms with E-state index in [9.17, 15) is 14.4 Å². The molecule has 7 nitrogen and oxygen atoms in total. The Kier molecular flexibility index (Phi) is 3.76. The molecule has 2 amide bonds. The first-order chi connectivity index (χ1) is 12.1. The summed E-state index contributed by atoms with van der Waals surface area (Å²) in [6.07, 6.45) is 1.31. The molecule has 0 spiro atoms. The highest BCUT2D eigenvalue weighted by atomic mass is 16.6. The SMILES string of the molecule is O=C1O[C@H](N2C(=O)CC[C@H]2C(=O)NCc2ccco2)c2ccccc21. The first-order valence-electron chi connectivity index (χ1n) is 8.06. The Morgan fingerprint density at radius 1 is 1.20 bits per heavy atom. The smallest absolute Gasteiger partial charge is 0.340 e. The minimum absolute atomic E-state index is 0.201. The van der Waals surface area contributed by atoms with E-state index in [-0.39, 0.29) is 24.8 Å². The van der Waals surface area contributed by atoms with E-state index in [2.05, 4.69) is 5.32 Å². The highest BCUT2D eigenvalue weighted by molar-refractivity contribution is 5.96. The van der Waals surface area contributed by atoms with Crippen molar-refractivity contribution >= 4 is 17.8 Å². The number of nitrogens with zero attached hydrogens (tertiary/aromatic N) is 1. The number of fused-ring (bicyclic) bond motifs is 1. The number of nitrogens with one attached hydrogen (secondary N) is 1. The van der Waals surface area contributed by atoms with E-state index in [1.165, 1.54) is 11.2 Å². The zero-order valence-corrected chi connectivity index (χ0v) is 13.3. The predicted molar refractivity (Wildman–Crippen MR) is 85.0 cm³/mol. The van der Waals surface area contributed by atoms with Gasteiger partial charge in [0.15, 0.2) is 0 Å². The molecule has 0 radical (unpaired) electrons. The van der Waals surface area contributed by atoms with Gasteiger partial charge in [-0.3, -0.25) is 14.5 Å². The number of carbonyl (C=O) groups is 3. The summed E-state index contributed by atoms with van der Waals surface area (Å²) in [6.45, 7) is 0.241. The van der Waals surface area contributed by atoms with Crippen molar-refractivity contribution in [2.75, 3.05) is 0 Å². The average molecular weight is 340 g/mol. The number of hydrogen-bond acceptors (Lipinski definition) is 5. The van der Waals surface area contributed by atoms with Gasteiger partial charge in [-0.1, -0.05) is 18.2 Å². The molecule has 1 saturated heterocycles. The Balaban J connectivity index is 1.54. The molecule has 4 rings (SSSR count). The molecule has 3 heterocycles. The van der Waals surface area contributed by atoms with Crippen LogP contribution < -0.4 is 5.32 Å². The number of esters is 1. The summed E-state index contributed by atoms with van der Waals surface area (Å²) in [5.74, 6) is -0.341. The van der Waals surface area contributed by atoms with Gasteiger partial charge in [0.25, 0.3) is 0 Å².